The number of nitrogens with two attached hydrogens (primary N) is 2. The first-order valence-corrected chi connectivity index (χ1v) is 6.04. The molecule has 0 aromatic heterocycles. The number of hydrogen-bond donors (Lipinski definition) is 2. The Morgan fingerprint density at radius 1 is 1.24 bits per heavy atom. The second-order valence-electron chi connectivity index (χ2n) is 4.12. The van der Waals surface area contributed by atoms with Crippen molar-refractivity contribution in [3.63, 3.8) is 0 Å². The highest BCUT2D eigenvalue weighted by atomic mass is 16.1. The average molecular weight is 235 g/mol. The van der Waals surface area contributed by atoms with Crippen LogP contribution in [0.15, 0.2) is 18.2 Å². The summed E-state index contributed by atoms with van der Waals surface area (Å²) in [5, 5.41) is 0. The Morgan fingerprint density at radius 2 is 1.82 bits per heavy atom. The molecule has 0 heterocycles. The summed E-state index contributed by atoms with van der Waals surface area (Å²) < 4.78 is 0. The normalized spacial score (nSPS) is 10.2. The first-order chi connectivity index (χ1) is 8.10. The van der Waals surface area contributed by atoms with Crippen molar-refractivity contribution in [1.82, 2.24) is 0 Å². The molecule has 0 spiro atoms. The van der Waals surface area contributed by atoms with Crippen LogP contribution >= 0.6 is 0 Å². The second-order valence-corrected chi connectivity index (χ2v) is 4.12. The third-order valence-corrected chi connectivity index (χ3v) is 2.64. The van der Waals surface area contributed by atoms with E-state index >= 15 is 0 Å². The van der Waals surface area contributed by atoms with Crippen molar-refractivity contribution < 1.29 is 4.79 Å². The molecule has 0 radical (unpaired) electrons. The van der Waals surface area contributed by atoms with Crippen molar-refractivity contribution in [3.05, 3.63) is 23.8 Å². The zero-order valence-corrected chi connectivity index (χ0v) is 10.6. The molecule has 1 rings (SSSR count). The van der Waals surface area contributed by atoms with E-state index in [9.17, 15) is 4.79 Å². The lowest BCUT2D eigenvalue weighted by Gasteiger charge is -2.25. The SMILES string of the molecule is CCCN(CCC)c1ccc(C(N)=O)cc1N. The van der Waals surface area contributed by atoms with E-state index in [-0.39, 0.29) is 0 Å². The van der Waals surface area contributed by atoms with Crippen molar-refractivity contribution >= 4 is 17.3 Å². The van der Waals surface area contributed by atoms with E-state index in [0.29, 0.717) is 11.3 Å². The maximum Gasteiger partial charge on any atom is 0.248 e. The molecule has 94 valence electrons. The number of carbonyl (C=O) groups is 1. The minimum atomic E-state index is -0.444. The van der Waals surface area contributed by atoms with Gasteiger partial charge in [0.15, 0.2) is 0 Å². The van der Waals surface area contributed by atoms with Crippen molar-refractivity contribution in [3.8, 4) is 0 Å². The van der Waals surface area contributed by atoms with E-state index in [4.69, 9.17) is 11.5 Å². The lowest BCUT2D eigenvalue weighted by Crippen LogP contribution is -2.26. The maximum absolute atomic E-state index is 11.0. The first-order valence-electron chi connectivity index (χ1n) is 6.04. The van der Waals surface area contributed by atoms with E-state index in [1.165, 1.54) is 0 Å². The van der Waals surface area contributed by atoms with Crippen molar-refractivity contribution in [2.75, 3.05) is 23.7 Å². The highest BCUT2D eigenvalue weighted by Gasteiger charge is 2.10. The Morgan fingerprint density at radius 3 is 2.24 bits per heavy atom. The minimum Gasteiger partial charge on any atom is -0.397 e. The molecule has 4 heteroatoms. The summed E-state index contributed by atoms with van der Waals surface area (Å²) >= 11 is 0. The summed E-state index contributed by atoms with van der Waals surface area (Å²) in [5.41, 5.74) is 13.2. The molecule has 0 aliphatic carbocycles. The van der Waals surface area contributed by atoms with Gasteiger partial charge in [0, 0.05) is 18.7 Å². The van der Waals surface area contributed by atoms with Gasteiger partial charge < -0.3 is 16.4 Å². The lowest BCUT2D eigenvalue weighted by atomic mass is 10.1. The van der Waals surface area contributed by atoms with Gasteiger partial charge in [-0.25, -0.2) is 0 Å². The number of carbonyl (C=O) groups excluding carboxylic acids is 1. The first kappa shape index (κ1) is 13.4. The van der Waals surface area contributed by atoms with Gasteiger partial charge >= 0.3 is 0 Å². The fourth-order valence-electron chi connectivity index (χ4n) is 1.89. The Labute approximate surface area is 103 Å². The molecule has 17 heavy (non-hydrogen) atoms. The van der Waals surface area contributed by atoms with E-state index in [1.54, 1.807) is 12.1 Å². The standard InChI is InChI=1S/C13H21N3O/c1-3-7-16(8-4-2)12-6-5-10(13(15)17)9-11(12)14/h5-6,9H,3-4,7-8,14H2,1-2H3,(H2,15,17). The number of nitrogens with zero attached hydrogens (tertiary/aromatic N) is 1. The molecule has 1 aromatic carbocycles. The Kier molecular flexibility index (Phi) is 4.82. The van der Waals surface area contributed by atoms with Crippen LogP contribution < -0.4 is 16.4 Å². The Balaban J connectivity index is 2.99. The molecule has 0 fully saturated rings. The third kappa shape index (κ3) is 3.37. The van der Waals surface area contributed by atoms with E-state index in [0.717, 1.165) is 31.6 Å². The summed E-state index contributed by atoms with van der Waals surface area (Å²) in [6.07, 6.45) is 2.13. The van der Waals surface area contributed by atoms with Gasteiger partial charge in [0.25, 0.3) is 0 Å². The largest absolute Gasteiger partial charge is 0.397 e. The topological polar surface area (TPSA) is 72.3 Å². The van der Waals surface area contributed by atoms with Crippen molar-refractivity contribution in [2.24, 2.45) is 5.73 Å². The molecular formula is C13H21N3O. The summed E-state index contributed by atoms with van der Waals surface area (Å²) in [6.45, 7) is 6.20. The summed E-state index contributed by atoms with van der Waals surface area (Å²) in [5.74, 6) is -0.444. The number of benzene rings is 1. The average Bonchev–Trinajstić information content (AvgIpc) is 2.28. The fourth-order valence-corrected chi connectivity index (χ4v) is 1.89. The molecule has 4 N–H and O–H groups in total. The predicted molar refractivity (Wildman–Crippen MR) is 72.2 cm³/mol. The van der Waals surface area contributed by atoms with Crippen LogP contribution in [0.5, 0.6) is 0 Å². The van der Waals surface area contributed by atoms with E-state index < -0.39 is 5.91 Å². The number of hydrogen-bond acceptors (Lipinski definition) is 3. The van der Waals surface area contributed by atoms with Crippen molar-refractivity contribution in [1.29, 1.82) is 0 Å². The van der Waals surface area contributed by atoms with Gasteiger partial charge in [0.2, 0.25) is 5.91 Å². The number of nitrogen functional groups attached to an aromatic ring is 1. The molecule has 0 saturated carbocycles. The van der Waals surface area contributed by atoms with Crippen LogP contribution in [0, 0.1) is 0 Å². The molecular weight excluding hydrogens is 214 g/mol. The summed E-state index contributed by atoms with van der Waals surface area (Å²) in [6, 6.07) is 5.25. The van der Waals surface area contributed by atoms with E-state index in [2.05, 4.69) is 18.7 Å². The number of primary amides is 1. The van der Waals surface area contributed by atoms with Crippen LogP contribution in [0.2, 0.25) is 0 Å². The highest BCUT2D eigenvalue weighted by molar-refractivity contribution is 5.94. The maximum atomic E-state index is 11.0. The zero-order valence-electron chi connectivity index (χ0n) is 10.6. The molecule has 0 aliphatic rings. The van der Waals surface area contributed by atoms with Gasteiger partial charge in [-0.15, -0.1) is 0 Å². The van der Waals surface area contributed by atoms with Gasteiger partial charge in [0.1, 0.15) is 0 Å². The molecule has 0 atom stereocenters. The quantitative estimate of drug-likeness (QED) is 0.741. The molecule has 0 unspecified atom stereocenters. The second kappa shape index (κ2) is 6.13. The van der Waals surface area contributed by atoms with Crippen LogP contribution in [-0.2, 0) is 0 Å². The van der Waals surface area contributed by atoms with E-state index in [1.807, 2.05) is 6.07 Å². The Bertz CT molecular complexity index is 384. The lowest BCUT2D eigenvalue weighted by molar-refractivity contribution is 0.100. The van der Waals surface area contributed by atoms with Gasteiger partial charge in [-0.1, -0.05) is 13.8 Å². The smallest absolute Gasteiger partial charge is 0.248 e. The monoisotopic (exact) mass is 235 g/mol. The van der Waals surface area contributed by atoms with Gasteiger partial charge in [-0.2, -0.15) is 0 Å². The number of amides is 1. The summed E-state index contributed by atoms with van der Waals surface area (Å²) in [7, 11) is 0. The summed E-state index contributed by atoms with van der Waals surface area (Å²) in [4.78, 5) is 13.3. The van der Waals surface area contributed by atoms with Crippen LogP contribution in [0.25, 0.3) is 0 Å². The molecule has 1 aromatic rings. The van der Waals surface area contributed by atoms with Gasteiger partial charge in [-0.3, -0.25) is 4.79 Å². The highest BCUT2D eigenvalue weighted by Crippen LogP contribution is 2.24. The van der Waals surface area contributed by atoms with Crippen LogP contribution in [0.1, 0.15) is 37.0 Å². The third-order valence-electron chi connectivity index (χ3n) is 2.64. The van der Waals surface area contributed by atoms with Gasteiger partial charge in [0.05, 0.1) is 11.4 Å². The van der Waals surface area contributed by atoms with Crippen molar-refractivity contribution in [2.45, 2.75) is 26.7 Å². The predicted octanol–water partition coefficient (Wildman–Crippen LogP) is 1.99. The van der Waals surface area contributed by atoms with Gasteiger partial charge in [-0.05, 0) is 31.0 Å². The minimum absolute atomic E-state index is 0.444. The molecule has 0 aliphatic heterocycles. The van der Waals surface area contributed by atoms with Crippen LogP contribution in [0.4, 0.5) is 11.4 Å². The fraction of sp³-hybridized carbons (Fsp3) is 0.462. The molecule has 0 saturated heterocycles. The number of anilines is 2. The Hall–Kier alpha value is -1.71. The molecule has 4 nitrogen and oxygen atoms in total. The zero-order chi connectivity index (χ0) is 12.8. The van der Waals surface area contributed by atoms with Crippen LogP contribution in [-0.4, -0.2) is 19.0 Å². The molecule has 0 bridgehead atoms. The van der Waals surface area contributed by atoms with Crippen LogP contribution in [0.3, 0.4) is 0 Å². The number of rotatable bonds is 6. The molecule has 1 amide bonds.